The number of allylic oxidation sites excluding steroid dienone is 3. The number of carbonyl (C=O) groups is 1. The number of hydrogen-bond acceptors (Lipinski definition) is 2. The molecule has 0 amide bonds. The Morgan fingerprint density at radius 1 is 1.45 bits per heavy atom. The SMILES string of the molecule is C=C(NC(C)=C1CC1)C(C)=O. The van der Waals surface area contributed by atoms with E-state index >= 15 is 0 Å². The molecule has 0 aromatic heterocycles. The van der Waals surface area contributed by atoms with Crippen molar-refractivity contribution in [2.45, 2.75) is 26.7 Å². The molecule has 2 nitrogen and oxygen atoms in total. The van der Waals surface area contributed by atoms with E-state index in [1.807, 2.05) is 6.92 Å². The Morgan fingerprint density at radius 3 is 2.36 bits per heavy atom. The zero-order valence-electron chi connectivity index (χ0n) is 7.03. The van der Waals surface area contributed by atoms with Gasteiger partial charge in [0.15, 0.2) is 5.78 Å². The van der Waals surface area contributed by atoms with E-state index in [-0.39, 0.29) is 5.78 Å². The number of nitrogens with one attached hydrogen (secondary N) is 1. The van der Waals surface area contributed by atoms with Crippen molar-refractivity contribution < 1.29 is 4.79 Å². The maximum absolute atomic E-state index is 10.7. The van der Waals surface area contributed by atoms with Crippen LogP contribution in [0.3, 0.4) is 0 Å². The van der Waals surface area contributed by atoms with Crippen molar-refractivity contribution in [2.24, 2.45) is 0 Å². The van der Waals surface area contributed by atoms with E-state index in [4.69, 9.17) is 0 Å². The Kier molecular flexibility index (Phi) is 2.13. The van der Waals surface area contributed by atoms with Gasteiger partial charge >= 0.3 is 0 Å². The molecule has 0 spiro atoms. The topological polar surface area (TPSA) is 29.1 Å². The average Bonchev–Trinajstić information content (AvgIpc) is 2.67. The van der Waals surface area contributed by atoms with E-state index in [0.29, 0.717) is 5.70 Å². The molecule has 1 aliphatic rings. The second kappa shape index (κ2) is 2.91. The van der Waals surface area contributed by atoms with Gasteiger partial charge in [-0.25, -0.2) is 0 Å². The van der Waals surface area contributed by atoms with Crippen LogP contribution in [0.4, 0.5) is 0 Å². The van der Waals surface area contributed by atoms with Gasteiger partial charge in [0, 0.05) is 12.6 Å². The molecule has 1 fully saturated rings. The summed E-state index contributed by atoms with van der Waals surface area (Å²) in [4.78, 5) is 10.7. The second-order valence-electron chi connectivity index (χ2n) is 2.89. The molecule has 1 rings (SSSR count). The van der Waals surface area contributed by atoms with Crippen LogP contribution in [-0.4, -0.2) is 5.78 Å². The lowest BCUT2D eigenvalue weighted by Gasteiger charge is -2.05. The molecular formula is C9H13NO. The summed E-state index contributed by atoms with van der Waals surface area (Å²) in [7, 11) is 0. The molecule has 2 heteroatoms. The van der Waals surface area contributed by atoms with Gasteiger partial charge in [-0.1, -0.05) is 12.2 Å². The minimum Gasteiger partial charge on any atom is -0.357 e. The molecule has 60 valence electrons. The summed E-state index contributed by atoms with van der Waals surface area (Å²) in [6.45, 7) is 7.11. The van der Waals surface area contributed by atoms with Gasteiger partial charge in [-0.2, -0.15) is 0 Å². The fourth-order valence-corrected chi connectivity index (χ4v) is 0.840. The highest BCUT2D eigenvalue weighted by Gasteiger charge is 2.15. The Morgan fingerprint density at radius 2 is 2.00 bits per heavy atom. The van der Waals surface area contributed by atoms with E-state index < -0.39 is 0 Å². The summed E-state index contributed by atoms with van der Waals surface area (Å²) in [6, 6.07) is 0. The third-order valence-electron chi connectivity index (χ3n) is 1.79. The third-order valence-corrected chi connectivity index (χ3v) is 1.79. The Labute approximate surface area is 67.0 Å². The van der Waals surface area contributed by atoms with E-state index in [1.54, 1.807) is 0 Å². The summed E-state index contributed by atoms with van der Waals surface area (Å²) in [6.07, 6.45) is 2.34. The van der Waals surface area contributed by atoms with Crippen LogP contribution < -0.4 is 5.32 Å². The normalized spacial score (nSPS) is 14.2. The van der Waals surface area contributed by atoms with Crippen LogP contribution in [0.15, 0.2) is 23.5 Å². The Bertz CT molecular complexity index is 232. The first kappa shape index (κ1) is 8.05. The van der Waals surface area contributed by atoms with Crippen LogP contribution in [0, 0.1) is 0 Å². The fourth-order valence-electron chi connectivity index (χ4n) is 0.840. The molecule has 1 N–H and O–H groups in total. The first-order chi connectivity index (χ1) is 5.11. The first-order valence-electron chi connectivity index (χ1n) is 3.76. The summed E-state index contributed by atoms with van der Waals surface area (Å²) in [5.41, 5.74) is 3.00. The van der Waals surface area contributed by atoms with Crippen LogP contribution in [-0.2, 0) is 4.79 Å². The summed E-state index contributed by atoms with van der Waals surface area (Å²) in [5, 5.41) is 2.98. The van der Waals surface area contributed by atoms with Crippen LogP contribution in [0.2, 0.25) is 0 Å². The standard InChI is InChI=1S/C9H13NO/c1-6(8(3)11)10-7(2)9-4-5-9/h10H,1,4-5H2,2-3H3. The lowest BCUT2D eigenvalue weighted by Crippen LogP contribution is -2.15. The zero-order chi connectivity index (χ0) is 8.43. The van der Waals surface area contributed by atoms with Crippen LogP contribution in [0.25, 0.3) is 0 Å². The van der Waals surface area contributed by atoms with Gasteiger partial charge in [0.25, 0.3) is 0 Å². The molecule has 0 radical (unpaired) electrons. The Hall–Kier alpha value is -1.05. The third kappa shape index (κ3) is 2.22. The number of rotatable bonds is 3. The molecule has 0 aromatic rings. The molecule has 0 atom stereocenters. The van der Waals surface area contributed by atoms with Crippen molar-refractivity contribution in [1.29, 1.82) is 0 Å². The van der Waals surface area contributed by atoms with Gasteiger partial charge in [0.2, 0.25) is 0 Å². The van der Waals surface area contributed by atoms with Crippen molar-refractivity contribution in [2.75, 3.05) is 0 Å². The van der Waals surface area contributed by atoms with Gasteiger partial charge in [-0.05, 0) is 19.8 Å². The monoisotopic (exact) mass is 151 g/mol. The fraction of sp³-hybridized carbons (Fsp3) is 0.444. The number of hydrogen-bond donors (Lipinski definition) is 1. The lowest BCUT2D eigenvalue weighted by molar-refractivity contribution is -0.113. The smallest absolute Gasteiger partial charge is 0.175 e. The highest BCUT2D eigenvalue weighted by Crippen LogP contribution is 2.30. The summed E-state index contributed by atoms with van der Waals surface area (Å²) >= 11 is 0. The van der Waals surface area contributed by atoms with Crippen molar-refractivity contribution in [3.8, 4) is 0 Å². The van der Waals surface area contributed by atoms with Crippen molar-refractivity contribution >= 4 is 5.78 Å². The van der Waals surface area contributed by atoms with Gasteiger partial charge < -0.3 is 5.32 Å². The molecule has 0 heterocycles. The zero-order valence-corrected chi connectivity index (χ0v) is 7.03. The molecule has 1 saturated carbocycles. The van der Waals surface area contributed by atoms with E-state index in [2.05, 4.69) is 11.9 Å². The second-order valence-corrected chi connectivity index (χ2v) is 2.89. The average molecular weight is 151 g/mol. The molecule has 11 heavy (non-hydrogen) atoms. The predicted molar refractivity (Wildman–Crippen MR) is 44.9 cm³/mol. The van der Waals surface area contributed by atoms with Crippen LogP contribution in [0.1, 0.15) is 26.7 Å². The summed E-state index contributed by atoms with van der Waals surface area (Å²) < 4.78 is 0. The quantitative estimate of drug-likeness (QED) is 0.622. The molecule has 0 aromatic carbocycles. The van der Waals surface area contributed by atoms with Crippen molar-refractivity contribution in [3.05, 3.63) is 23.5 Å². The minimum atomic E-state index is 0.00519. The first-order valence-corrected chi connectivity index (χ1v) is 3.76. The van der Waals surface area contributed by atoms with E-state index in [9.17, 15) is 4.79 Å². The Balaban J connectivity index is 2.48. The van der Waals surface area contributed by atoms with E-state index in [1.165, 1.54) is 25.3 Å². The molecule has 0 unspecified atom stereocenters. The lowest BCUT2D eigenvalue weighted by atomic mass is 10.3. The van der Waals surface area contributed by atoms with Crippen molar-refractivity contribution in [3.63, 3.8) is 0 Å². The van der Waals surface area contributed by atoms with Gasteiger partial charge in [-0.15, -0.1) is 0 Å². The van der Waals surface area contributed by atoms with Crippen LogP contribution >= 0.6 is 0 Å². The van der Waals surface area contributed by atoms with Crippen molar-refractivity contribution in [1.82, 2.24) is 5.32 Å². The molecule has 0 bridgehead atoms. The number of Topliss-reactive ketones (excluding diaryl/α,β-unsaturated/α-hetero) is 1. The maximum atomic E-state index is 10.7. The molecule has 0 aliphatic heterocycles. The predicted octanol–water partition coefficient (Wildman–Crippen LogP) is 1.75. The summed E-state index contributed by atoms with van der Waals surface area (Å²) in [5.74, 6) is 0.00519. The van der Waals surface area contributed by atoms with Gasteiger partial charge in [0.05, 0.1) is 5.70 Å². The highest BCUT2D eigenvalue weighted by atomic mass is 16.1. The highest BCUT2D eigenvalue weighted by molar-refractivity contribution is 5.92. The minimum absolute atomic E-state index is 0.00519. The maximum Gasteiger partial charge on any atom is 0.175 e. The largest absolute Gasteiger partial charge is 0.357 e. The van der Waals surface area contributed by atoms with Gasteiger partial charge in [-0.3, -0.25) is 4.79 Å². The number of carbonyl (C=O) groups excluding carboxylic acids is 1. The molecular weight excluding hydrogens is 138 g/mol. The van der Waals surface area contributed by atoms with Crippen LogP contribution in [0.5, 0.6) is 0 Å². The van der Waals surface area contributed by atoms with E-state index in [0.717, 1.165) is 5.70 Å². The molecule has 0 saturated heterocycles. The van der Waals surface area contributed by atoms with Gasteiger partial charge in [0.1, 0.15) is 0 Å². The number of ketones is 1. The molecule has 1 aliphatic carbocycles.